The highest BCUT2D eigenvalue weighted by Crippen LogP contribution is 2.38. The number of methoxy groups -OCH3 is 1. The summed E-state index contributed by atoms with van der Waals surface area (Å²) in [4.78, 5) is 11.2. The molecule has 0 aliphatic rings. The quantitative estimate of drug-likeness (QED) is 0.732. The largest absolute Gasteiger partial charge is 0.465 e. The zero-order valence-electron chi connectivity index (χ0n) is 8.43. The third kappa shape index (κ3) is 2.50. The summed E-state index contributed by atoms with van der Waals surface area (Å²) in [5.41, 5.74) is -2.63. The number of carbonyl (C=O) groups is 1. The van der Waals surface area contributed by atoms with Crippen LogP contribution in [-0.4, -0.2) is 13.1 Å². The molecule has 0 saturated heterocycles. The fraction of sp³-hybridized carbons (Fsp3) is 0.200. The van der Waals surface area contributed by atoms with Gasteiger partial charge in [0.2, 0.25) is 0 Å². The molecule has 0 N–H and O–H groups in total. The van der Waals surface area contributed by atoms with Crippen molar-refractivity contribution in [1.82, 2.24) is 0 Å². The number of alkyl halides is 3. The SMILES string of the molecule is COC(=O)c1ccc(Cl)c(C(F)(F)F)c1C#N. The van der Waals surface area contributed by atoms with E-state index in [-0.39, 0.29) is 0 Å². The highest BCUT2D eigenvalue weighted by molar-refractivity contribution is 6.31. The lowest BCUT2D eigenvalue weighted by atomic mass is 10.0. The van der Waals surface area contributed by atoms with Gasteiger partial charge in [-0.05, 0) is 12.1 Å². The molecule has 1 aromatic rings. The molecule has 7 heteroatoms. The lowest BCUT2D eigenvalue weighted by Gasteiger charge is -2.12. The van der Waals surface area contributed by atoms with Gasteiger partial charge >= 0.3 is 12.1 Å². The Morgan fingerprint density at radius 2 is 2.06 bits per heavy atom. The molecule has 1 rings (SSSR count). The molecule has 0 bridgehead atoms. The molecule has 17 heavy (non-hydrogen) atoms. The van der Waals surface area contributed by atoms with Gasteiger partial charge in [-0.25, -0.2) is 4.79 Å². The maximum Gasteiger partial charge on any atom is 0.419 e. The topological polar surface area (TPSA) is 50.1 Å². The molecule has 1 aromatic carbocycles. The van der Waals surface area contributed by atoms with E-state index in [2.05, 4.69) is 4.74 Å². The third-order valence-electron chi connectivity index (χ3n) is 1.96. The summed E-state index contributed by atoms with van der Waals surface area (Å²) >= 11 is 5.39. The number of ether oxygens (including phenoxy) is 1. The Balaban J connectivity index is 3.61. The molecule has 0 spiro atoms. The number of nitriles is 1. The average molecular weight is 264 g/mol. The predicted molar refractivity (Wildman–Crippen MR) is 52.5 cm³/mol. The van der Waals surface area contributed by atoms with Crippen molar-refractivity contribution < 1.29 is 22.7 Å². The van der Waals surface area contributed by atoms with Crippen molar-refractivity contribution in [2.45, 2.75) is 6.18 Å². The number of hydrogen-bond acceptors (Lipinski definition) is 3. The van der Waals surface area contributed by atoms with E-state index in [4.69, 9.17) is 16.9 Å². The number of benzene rings is 1. The molecule has 0 aromatic heterocycles. The van der Waals surface area contributed by atoms with E-state index < -0.39 is 33.9 Å². The van der Waals surface area contributed by atoms with Crippen molar-refractivity contribution in [2.24, 2.45) is 0 Å². The van der Waals surface area contributed by atoms with Gasteiger partial charge in [-0.3, -0.25) is 0 Å². The van der Waals surface area contributed by atoms with Crippen LogP contribution in [0, 0.1) is 11.3 Å². The molecule has 90 valence electrons. The first-order valence-corrected chi connectivity index (χ1v) is 4.58. The van der Waals surface area contributed by atoms with E-state index in [0.29, 0.717) is 0 Å². The van der Waals surface area contributed by atoms with Crippen molar-refractivity contribution in [1.29, 1.82) is 5.26 Å². The number of nitrogens with zero attached hydrogens (tertiary/aromatic N) is 1. The van der Waals surface area contributed by atoms with Gasteiger partial charge in [0.05, 0.1) is 28.8 Å². The first-order chi connectivity index (χ1) is 7.82. The van der Waals surface area contributed by atoms with Gasteiger partial charge in [-0.2, -0.15) is 18.4 Å². The van der Waals surface area contributed by atoms with Gasteiger partial charge in [0.25, 0.3) is 0 Å². The highest BCUT2D eigenvalue weighted by atomic mass is 35.5. The van der Waals surface area contributed by atoms with Crippen molar-refractivity contribution >= 4 is 17.6 Å². The Labute approximate surface area is 99.4 Å². The number of hydrogen-bond donors (Lipinski definition) is 0. The van der Waals surface area contributed by atoms with Crippen molar-refractivity contribution in [3.8, 4) is 6.07 Å². The van der Waals surface area contributed by atoms with E-state index in [1.807, 2.05) is 0 Å². The van der Waals surface area contributed by atoms with Gasteiger partial charge < -0.3 is 4.74 Å². The Hall–Kier alpha value is -1.74. The Kier molecular flexibility index (Phi) is 3.63. The molecule has 3 nitrogen and oxygen atoms in total. The van der Waals surface area contributed by atoms with Gasteiger partial charge in [0.1, 0.15) is 6.07 Å². The first kappa shape index (κ1) is 13.3. The zero-order chi connectivity index (χ0) is 13.2. The smallest absolute Gasteiger partial charge is 0.419 e. The minimum absolute atomic E-state index is 0.466. The van der Waals surface area contributed by atoms with Crippen LogP contribution in [0.3, 0.4) is 0 Å². The fourth-order valence-electron chi connectivity index (χ4n) is 1.25. The van der Waals surface area contributed by atoms with E-state index in [1.54, 1.807) is 0 Å². The maximum absolute atomic E-state index is 12.7. The monoisotopic (exact) mass is 263 g/mol. The molecule has 0 radical (unpaired) electrons. The van der Waals surface area contributed by atoms with Crippen LogP contribution in [0.25, 0.3) is 0 Å². The molecular weight excluding hydrogens is 259 g/mol. The van der Waals surface area contributed by atoms with Crippen LogP contribution in [-0.2, 0) is 10.9 Å². The van der Waals surface area contributed by atoms with Crippen LogP contribution >= 0.6 is 11.6 Å². The third-order valence-corrected chi connectivity index (χ3v) is 2.27. The standard InChI is InChI=1S/C10H5ClF3NO2/c1-17-9(16)5-2-3-7(11)8(6(5)4-15)10(12,13)14/h2-3H,1H3. The molecule has 0 heterocycles. The highest BCUT2D eigenvalue weighted by Gasteiger charge is 2.38. The molecule has 0 aliphatic heterocycles. The molecule has 0 amide bonds. The van der Waals surface area contributed by atoms with E-state index in [1.165, 1.54) is 6.07 Å². The molecule has 0 aliphatic carbocycles. The van der Waals surface area contributed by atoms with Gasteiger partial charge in [-0.15, -0.1) is 0 Å². The Bertz CT molecular complexity index is 505. The lowest BCUT2D eigenvalue weighted by molar-refractivity contribution is -0.137. The number of rotatable bonds is 1. The summed E-state index contributed by atoms with van der Waals surface area (Å²) in [5, 5.41) is 8.08. The second kappa shape index (κ2) is 4.63. The fourth-order valence-corrected chi connectivity index (χ4v) is 1.52. The summed E-state index contributed by atoms with van der Waals surface area (Å²) in [6.07, 6.45) is -4.81. The van der Waals surface area contributed by atoms with E-state index in [0.717, 1.165) is 19.2 Å². The zero-order valence-corrected chi connectivity index (χ0v) is 9.19. The van der Waals surface area contributed by atoms with Crippen LogP contribution in [0.2, 0.25) is 5.02 Å². The van der Waals surface area contributed by atoms with Crippen molar-refractivity contribution in [3.63, 3.8) is 0 Å². The summed E-state index contributed by atoms with van der Waals surface area (Å²) in [6, 6.07) is 3.24. The van der Waals surface area contributed by atoms with E-state index in [9.17, 15) is 18.0 Å². The summed E-state index contributed by atoms with van der Waals surface area (Å²) in [7, 11) is 1.01. The summed E-state index contributed by atoms with van der Waals surface area (Å²) in [6.45, 7) is 0. The van der Waals surface area contributed by atoms with Crippen LogP contribution < -0.4 is 0 Å². The van der Waals surface area contributed by atoms with Gasteiger partial charge in [-0.1, -0.05) is 11.6 Å². The molecule has 0 unspecified atom stereocenters. The average Bonchev–Trinajstić information content (AvgIpc) is 2.25. The maximum atomic E-state index is 12.7. The number of halogens is 4. The molecule has 0 fully saturated rings. The normalized spacial score (nSPS) is 10.8. The van der Waals surface area contributed by atoms with Crippen LogP contribution in [0.5, 0.6) is 0 Å². The molecule has 0 atom stereocenters. The number of carbonyl (C=O) groups excluding carboxylic acids is 1. The van der Waals surface area contributed by atoms with Gasteiger partial charge in [0, 0.05) is 0 Å². The molecule has 0 saturated carbocycles. The lowest BCUT2D eigenvalue weighted by Crippen LogP contribution is -2.13. The second-order valence-corrected chi connectivity index (χ2v) is 3.35. The number of esters is 1. The second-order valence-electron chi connectivity index (χ2n) is 2.95. The Morgan fingerprint density at radius 1 is 1.47 bits per heavy atom. The minimum Gasteiger partial charge on any atom is -0.465 e. The molecular formula is C10H5ClF3NO2. The van der Waals surface area contributed by atoms with Crippen LogP contribution in [0.1, 0.15) is 21.5 Å². The minimum atomic E-state index is -4.81. The summed E-state index contributed by atoms with van der Waals surface area (Å²) in [5.74, 6) is -1.02. The van der Waals surface area contributed by atoms with Crippen molar-refractivity contribution in [2.75, 3.05) is 7.11 Å². The van der Waals surface area contributed by atoms with E-state index >= 15 is 0 Å². The first-order valence-electron chi connectivity index (χ1n) is 4.21. The predicted octanol–water partition coefficient (Wildman–Crippen LogP) is 3.02. The van der Waals surface area contributed by atoms with Gasteiger partial charge in [0.15, 0.2) is 0 Å². The van der Waals surface area contributed by atoms with Crippen molar-refractivity contribution in [3.05, 3.63) is 33.8 Å². The van der Waals surface area contributed by atoms with Crippen LogP contribution in [0.4, 0.5) is 13.2 Å². The van der Waals surface area contributed by atoms with Crippen LogP contribution in [0.15, 0.2) is 12.1 Å². The Morgan fingerprint density at radius 3 is 2.47 bits per heavy atom. The summed E-state index contributed by atoms with van der Waals surface area (Å²) < 4.78 is 42.3.